The Morgan fingerprint density at radius 2 is 2.19 bits per heavy atom. The Bertz CT molecular complexity index is 327. The summed E-state index contributed by atoms with van der Waals surface area (Å²) in [5, 5.41) is 10.5. The molecule has 0 aromatic rings. The standard InChI is InChI=1S/C13H20O3/c1-2-12(15)7-10-5-3-4-9-6-11(14)16-13(9,10)8-12/h9-10,15H,2-8H2,1H3. The molecular weight excluding hydrogens is 204 g/mol. The summed E-state index contributed by atoms with van der Waals surface area (Å²) < 4.78 is 5.68. The number of hydrogen-bond acceptors (Lipinski definition) is 3. The quantitative estimate of drug-likeness (QED) is 0.693. The van der Waals surface area contributed by atoms with Gasteiger partial charge in [-0.05, 0) is 25.7 Å². The zero-order chi connectivity index (χ0) is 11.4. The summed E-state index contributed by atoms with van der Waals surface area (Å²) in [7, 11) is 0. The molecule has 0 bridgehead atoms. The molecule has 1 heterocycles. The van der Waals surface area contributed by atoms with Gasteiger partial charge in [0.2, 0.25) is 0 Å². The number of carbonyl (C=O) groups is 1. The second-order valence-electron chi connectivity index (χ2n) is 5.92. The minimum atomic E-state index is -0.585. The average molecular weight is 224 g/mol. The van der Waals surface area contributed by atoms with Crippen LogP contribution in [0.5, 0.6) is 0 Å². The molecule has 0 amide bonds. The van der Waals surface area contributed by atoms with Gasteiger partial charge >= 0.3 is 5.97 Å². The van der Waals surface area contributed by atoms with Crippen LogP contribution in [0, 0.1) is 11.8 Å². The minimum absolute atomic E-state index is 0.0442. The van der Waals surface area contributed by atoms with Crippen molar-refractivity contribution >= 4 is 5.97 Å². The molecule has 2 aliphatic carbocycles. The lowest BCUT2D eigenvalue weighted by Crippen LogP contribution is -2.43. The third-order valence-corrected chi connectivity index (χ3v) is 5.09. The molecule has 3 heteroatoms. The maximum atomic E-state index is 11.5. The van der Waals surface area contributed by atoms with Crippen LogP contribution < -0.4 is 0 Å². The molecular formula is C13H20O3. The number of carbonyl (C=O) groups excluding carboxylic acids is 1. The van der Waals surface area contributed by atoms with Crippen molar-refractivity contribution in [3.05, 3.63) is 0 Å². The third-order valence-electron chi connectivity index (χ3n) is 5.09. The van der Waals surface area contributed by atoms with E-state index in [0.29, 0.717) is 24.7 Å². The van der Waals surface area contributed by atoms with Gasteiger partial charge in [0.15, 0.2) is 0 Å². The average Bonchev–Trinajstić information content (AvgIpc) is 2.69. The summed E-state index contributed by atoms with van der Waals surface area (Å²) in [6, 6.07) is 0. The Kier molecular flexibility index (Phi) is 2.13. The Morgan fingerprint density at radius 1 is 1.44 bits per heavy atom. The van der Waals surface area contributed by atoms with Crippen molar-refractivity contribution in [2.45, 2.75) is 63.1 Å². The molecule has 3 rings (SSSR count). The molecule has 3 fully saturated rings. The zero-order valence-corrected chi connectivity index (χ0v) is 9.87. The van der Waals surface area contributed by atoms with E-state index in [0.717, 1.165) is 25.7 Å². The summed E-state index contributed by atoms with van der Waals surface area (Å²) in [6.07, 6.45) is 6.26. The van der Waals surface area contributed by atoms with Crippen molar-refractivity contribution in [1.29, 1.82) is 0 Å². The first kappa shape index (κ1) is 10.6. The van der Waals surface area contributed by atoms with Gasteiger partial charge < -0.3 is 9.84 Å². The lowest BCUT2D eigenvalue weighted by atomic mass is 9.70. The Labute approximate surface area is 96.2 Å². The Morgan fingerprint density at radius 3 is 2.94 bits per heavy atom. The normalized spacial score (nSPS) is 51.0. The second-order valence-corrected chi connectivity index (χ2v) is 5.92. The van der Waals surface area contributed by atoms with Gasteiger partial charge in [-0.25, -0.2) is 0 Å². The highest BCUT2D eigenvalue weighted by molar-refractivity contribution is 5.73. The second kappa shape index (κ2) is 3.22. The van der Waals surface area contributed by atoms with Crippen LogP contribution in [0.15, 0.2) is 0 Å². The van der Waals surface area contributed by atoms with E-state index < -0.39 is 5.60 Å². The van der Waals surface area contributed by atoms with E-state index in [2.05, 4.69) is 0 Å². The molecule has 4 unspecified atom stereocenters. The summed E-state index contributed by atoms with van der Waals surface area (Å²) in [5.41, 5.74) is -0.877. The lowest BCUT2D eigenvalue weighted by Gasteiger charge is -2.39. The fourth-order valence-electron chi connectivity index (χ4n) is 4.24. The third kappa shape index (κ3) is 1.27. The molecule has 2 saturated carbocycles. The molecule has 0 radical (unpaired) electrons. The molecule has 3 aliphatic rings. The number of ether oxygens (including phenoxy) is 1. The largest absolute Gasteiger partial charge is 0.458 e. The number of esters is 1. The van der Waals surface area contributed by atoms with E-state index in [1.54, 1.807) is 0 Å². The van der Waals surface area contributed by atoms with Crippen LogP contribution in [0.1, 0.15) is 51.9 Å². The van der Waals surface area contributed by atoms with E-state index in [-0.39, 0.29) is 11.6 Å². The van der Waals surface area contributed by atoms with Gasteiger partial charge in [0.25, 0.3) is 0 Å². The highest BCUT2D eigenvalue weighted by Gasteiger charge is 2.63. The Hall–Kier alpha value is -0.570. The van der Waals surface area contributed by atoms with Crippen molar-refractivity contribution < 1.29 is 14.6 Å². The minimum Gasteiger partial charge on any atom is -0.458 e. The monoisotopic (exact) mass is 224 g/mol. The van der Waals surface area contributed by atoms with E-state index in [1.165, 1.54) is 6.42 Å². The van der Waals surface area contributed by atoms with Crippen LogP contribution in [0.3, 0.4) is 0 Å². The van der Waals surface area contributed by atoms with Gasteiger partial charge in [-0.3, -0.25) is 4.79 Å². The van der Waals surface area contributed by atoms with Crippen LogP contribution in [0.25, 0.3) is 0 Å². The molecule has 0 aromatic heterocycles. The Balaban J connectivity index is 1.95. The topological polar surface area (TPSA) is 46.5 Å². The maximum absolute atomic E-state index is 11.5. The number of hydrogen-bond donors (Lipinski definition) is 1. The maximum Gasteiger partial charge on any atom is 0.306 e. The summed E-state index contributed by atoms with van der Waals surface area (Å²) in [6.45, 7) is 2.03. The van der Waals surface area contributed by atoms with Gasteiger partial charge in [-0.1, -0.05) is 13.3 Å². The number of aliphatic hydroxyl groups is 1. The van der Waals surface area contributed by atoms with Crippen molar-refractivity contribution in [2.75, 3.05) is 0 Å². The molecule has 1 saturated heterocycles. The van der Waals surface area contributed by atoms with Crippen LogP contribution in [-0.4, -0.2) is 22.3 Å². The van der Waals surface area contributed by atoms with Crippen LogP contribution >= 0.6 is 0 Å². The molecule has 4 atom stereocenters. The molecule has 16 heavy (non-hydrogen) atoms. The highest BCUT2D eigenvalue weighted by atomic mass is 16.6. The smallest absolute Gasteiger partial charge is 0.306 e. The van der Waals surface area contributed by atoms with Crippen LogP contribution in [0.2, 0.25) is 0 Å². The fraction of sp³-hybridized carbons (Fsp3) is 0.923. The van der Waals surface area contributed by atoms with Gasteiger partial charge in [0.05, 0.1) is 12.0 Å². The summed E-state index contributed by atoms with van der Waals surface area (Å²) in [5.74, 6) is 0.735. The number of rotatable bonds is 1. The molecule has 1 spiro atoms. The molecule has 90 valence electrons. The summed E-state index contributed by atoms with van der Waals surface area (Å²) >= 11 is 0. The van der Waals surface area contributed by atoms with Gasteiger partial charge in [0, 0.05) is 18.3 Å². The zero-order valence-electron chi connectivity index (χ0n) is 9.87. The van der Waals surface area contributed by atoms with E-state index >= 15 is 0 Å². The predicted molar refractivity (Wildman–Crippen MR) is 58.7 cm³/mol. The highest BCUT2D eigenvalue weighted by Crippen LogP contribution is 2.58. The molecule has 3 nitrogen and oxygen atoms in total. The van der Waals surface area contributed by atoms with Crippen LogP contribution in [0.4, 0.5) is 0 Å². The molecule has 1 N–H and O–H groups in total. The van der Waals surface area contributed by atoms with Crippen molar-refractivity contribution in [1.82, 2.24) is 0 Å². The van der Waals surface area contributed by atoms with Gasteiger partial charge in [0.1, 0.15) is 5.60 Å². The van der Waals surface area contributed by atoms with E-state index in [9.17, 15) is 9.90 Å². The first-order valence-corrected chi connectivity index (χ1v) is 6.52. The SMILES string of the molecule is CCC1(O)CC2CCCC3CC(=O)OC32C1. The van der Waals surface area contributed by atoms with Gasteiger partial charge in [-0.2, -0.15) is 0 Å². The fourth-order valence-corrected chi connectivity index (χ4v) is 4.24. The van der Waals surface area contributed by atoms with Crippen LogP contribution in [-0.2, 0) is 9.53 Å². The van der Waals surface area contributed by atoms with E-state index in [4.69, 9.17) is 4.74 Å². The lowest BCUT2D eigenvalue weighted by molar-refractivity contribution is -0.156. The van der Waals surface area contributed by atoms with E-state index in [1.807, 2.05) is 6.92 Å². The first-order valence-electron chi connectivity index (χ1n) is 6.52. The molecule has 0 aromatic carbocycles. The summed E-state index contributed by atoms with van der Waals surface area (Å²) in [4.78, 5) is 11.5. The van der Waals surface area contributed by atoms with Crippen molar-refractivity contribution in [2.24, 2.45) is 11.8 Å². The van der Waals surface area contributed by atoms with Gasteiger partial charge in [-0.15, -0.1) is 0 Å². The predicted octanol–water partition coefficient (Wildman–Crippen LogP) is 2.02. The molecule has 1 aliphatic heterocycles. The first-order chi connectivity index (χ1) is 7.58. The van der Waals surface area contributed by atoms with Crippen molar-refractivity contribution in [3.63, 3.8) is 0 Å². The van der Waals surface area contributed by atoms with Crippen molar-refractivity contribution in [3.8, 4) is 0 Å².